The van der Waals surface area contributed by atoms with Crippen LogP contribution in [-0.2, 0) is 24.0 Å². The number of carbonyl (C=O) groups excluding carboxylic acids is 1. The van der Waals surface area contributed by atoms with Crippen molar-refractivity contribution in [3.63, 3.8) is 0 Å². The molecule has 0 atom stereocenters. The summed E-state index contributed by atoms with van der Waals surface area (Å²) in [5.41, 5.74) is 15.3. The molecule has 1 amide bonds. The summed E-state index contributed by atoms with van der Waals surface area (Å²) < 4.78 is 31.9. The molecule has 0 radical (unpaired) electrons. The summed E-state index contributed by atoms with van der Waals surface area (Å²) in [6.45, 7) is 6.69. The van der Waals surface area contributed by atoms with Gasteiger partial charge in [-0.15, -0.1) is 24.8 Å². The van der Waals surface area contributed by atoms with Crippen LogP contribution in [-0.4, -0.2) is 34.8 Å². The van der Waals surface area contributed by atoms with Crippen LogP contribution in [0.25, 0.3) is 11.0 Å². The van der Waals surface area contributed by atoms with Gasteiger partial charge in [-0.3, -0.25) is 0 Å². The second kappa shape index (κ2) is 16.0. The monoisotopic (exact) mass is 595 g/mol. The van der Waals surface area contributed by atoms with E-state index in [1.54, 1.807) is 0 Å². The van der Waals surface area contributed by atoms with Gasteiger partial charge in [0.1, 0.15) is 16.9 Å². The molecule has 218 valence electrons. The number of nitrogens with two attached hydrogens (primary N) is 2. The van der Waals surface area contributed by atoms with Crippen LogP contribution in [0.5, 0.6) is 0 Å². The number of benzene rings is 3. The van der Waals surface area contributed by atoms with Gasteiger partial charge < -0.3 is 26.5 Å². The third-order valence-corrected chi connectivity index (χ3v) is 5.48. The van der Waals surface area contributed by atoms with Crippen molar-refractivity contribution in [1.29, 1.82) is 0 Å². The second-order valence-electron chi connectivity index (χ2n) is 9.89. The molecule has 0 aliphatic carbocycles. The average Bonchev–Trinajstić information content (AvgIpc) is 3.27. The molecule has 6 N–H and O–H groups in total. The lowest BCUT2D eigenvalue weighted by Crippen LogP contribution is -2.33. The number of aromatic nitrogens is 2. The molecular weight excluding hydrogens is 559 g/mol. The highest BCUT2D eigenvalue weighted by atomic mass is 35.5. The van der Waals surface area contributed by atoms with Crippen LogP contribution in [0.4, 0.5) is 19.3 Å². The number of imidazole rings is 1. The Morgan fingerprint density at radius 1 is 0.925 bits per heavy atom. The molecular formula is C29H37Cl2F2N5O2. The number of carbonyl (C=O) groups is 1. The Kier molecular flexibility index (Phi) is 13.9. The Morgan fingerprint density at radius 2 is 1.50 bits per heavy atom. The summed E-state index contributed by atoms with van der Waals surface area (Å²) in [6, 6.07) is 18.2. The number of H-pyrrole nitrogens is 1. The van der Waals surface area contributed by atoms with Crippen molar-refractivity contribution in [2.24, 2.45) is 5.73 Å². The van der Waals surface area contributed by atoms with Crippen molar-refractivity contribution in [2.45, 2.75) is 45.6 Å². The van der Waals surface area contributed by atoms with Gasteiger partial charge >= 0.3 is 6.09 Å². The molecule has 0 saturated heterocycles. The van der Waals surface area contributed by atoms with Crippen LogP contribution >= 0.6 is 24.8 Å². The first-order valence-electron chi connectivity index (χ1n) is 12.5. The largest absolute Gasteiger partial charge is 0.444 e. The molecule has 40 heavy (non-hydrogen) atoms. The number of hydrogen-bond acceptors (Lipinski definition) is 5. The van der Waals surface area contributed by atoms with E-state index in [0.29, 0.717) is 30.9 Å². The lowest BCUT2D eigenvalue weighted by Gasteiger charge is -2.19. The van der Waals surface area contributed by atoms with E-state index in [2.05, 4.69) is 15.3 Å². The molecule has 0 unspecified atom stereocenters. The Hall–Kier alpha value is -3.40. The number of halogens is 4. The summed E-state index contributed by atoms with van der Waals surface area (Å²) >= 11 is 0. The number of ether oxygens (including phenoxy) is 1. The normalized spacial score (nSPS) is 10.6. The predicted molar refractivity (Wildman–Crippen MR) is 161 cm³/mol. The van der Waals surface area contributed by atoms with Gasteiger partial charge in [0.05, 0.1) is 5.52 Å². The molecule has 0 aliphatic heterocycles. The fourth-order valence-electron chi connectivity index (χ4n) is 3.64. The zero-order valence-electron chi connectivity index (χ0n) is 22.8. The Balaban J connectivity index is 0.000000390. The van der Waals surface area contributed by atoms with Crippen LogP contribution in [0.15, 0.2) is 60.7 Å². The van der Waals surface area contributed by atoms with E-state index in [-0.39, 0.29) is 36.4 Å². The first-order chi connectivity index (χ1) is 18.0. The molecule has 0 saturated carbocycles. The maximum absolute atomic E-state index is 13.6. The first kappa shape index (κ1) is 34.6. The van der Waals surface area contributed by atoms with E-state index in [0.717, 1.165) is 35.7 Å². The first-order valence-corrected chi connectivity index (χ1v) is 12.5. The van der Waals surface area contributed by atoms with Crippen LogP contribution in [0.1, 0.15) is 43.3 Å². The van der Waals surface area contributed by atoms with E-state index in [9.17, 15) is 13.6 Å². The highest BCUT2D eigenvalue weighted by Crippen LogP contribution is 2.19. The molecule has 4 aromatic rings. The number of nitrogen functional groups attached to an aromatic ring is 1. The van der Waals surface area contributed by atoms with Gasteiger partial charge in [0, 0.05) is 18.7 Å². The lowest BCUT2D eigenvalue weighted by atomic mass is 10.1. The van der Waals surface area contributed by atoms with E-state index in [1.165, 1.54) is 11.6 Å². The number of amides is 1. The van der Waals surface area contributed by atoms with Gasteiger partial charge in [-0.05, 0) is 81.1 Å². The fourth-order valence-corrected chi connectivity index (χ4v) is 3.64. The molecule has 11 heteroatoms. The standard InChI is InChI=1S/C16H15F2N3.C13H20N2O2.2ClH/c17-12-5-6-13-16(15(12)18)21-14(20-13)9-11-3-1-10(2-4-11)7-8-19;1-13(2,3)17-12(16)15-9-8-10-4-6-11(14)7-5-10;;/h1-6H,7-9,19H2,(H,20,21);4-7H,8-9,14H2,1-3H3,(H,15,16);2*1H. The topological polar surface area (TPSA) is 119 Å². The van der Waals surface area contributed by atoms with Crippen molar-refractivity contribution in [2.75, 3.05) is 18.8 Å². The number of aromatic amines is 1. The number of nitrogens with one attached hydrogen (secondary N) is 2. The molecule has 3 aromatic carbocycles. The van der Waals surface area contributed by atoms with Crippen LogP contribution in [0.2, 0.25) is 0 Å². The molecule has 7 nitrogen and oxygen atoms in total. The minimum atomic E-state index is -0.909. The minimum Gasteiger partial charge on any atom is -0.444 e. The van der Waals surface area contributed by atoms with Gasteiger partial charge in [0.15, 0.2) is 11.6 Å². The third-order valence-electron chi connectivity index (χ3n) is 5.48. The van der Waals surface area contributed by atoms with Gasteiger partial charge in [0.25, 0.3) is 0 Å². The SMILES string of the molecule is CC(C)(C)OC(=O)NCCc1ccc(N)cc1.Cl.Cl.NCCc1ccc(Cc2nc3c(F)c(F)ccc3[nH]2)cc1. The average molecular weight is 597 g/mol. The van der Waals surface area contributed by atoms with Crippen LogP contribution in [0, 0.1) is 11.6 Å². The van der Waals surface area contributed by atoms with Crippen LogP contribution in [0.3, 0.4) is 0 Å². The Morgan fingerprint density at radius 3 is 2.10 bits per heavy atom. The van der Waals surface area contributed by atoms with Crippen molar-refractivity contribution in [3.8, 4) is 0 Å². The smallest absolute Gasteiger partial charge is 0.407 e. The molecule has 0 bridgehead atoms. The van der Waals surface area contributed by atoms with Crippen molar-refractivity contribution in [1.82, 2.24) is 15.3 Å². The zero-order chi connectivity index (χ0) is 27.7. The number of fused-ring (bicyclic) bond motifs is 1. The maximum Gasteiger partial charge on any atom is 0.407 e. The summed E-state index contributed by atoms with van der Waals surface area (Å²) in [5.74, 6) is -1.18. The van der Waals surface area contributed by atoms with Crippen molar-refractivity contribution in [3.05, 3.63) is 94.8 Å². The minimum absolute atomic E-state index is 0. The lowest BCUT2D eigenvalue weighted by molar-refractivity contribution is 0.0528. The third kappa shape index (κ3) is 11.0. The second-order valence-corrected chi connectivity index (χ2v) is 9.89. The molecule has 1 heterocycles. The number of hydrogen-bond donors (Lipinski definition) is 4. The Labute approximate surface area is 245 Å². The van der Waals surface area contributed by atoms with Gasteiger partial charge in [-0.1, -0.05) is 36.4 Å². The van der Waals surface area contributed by atoms with Gasteiger partial charge in [-0.2, -0.15) is 0 Å². The van der Waals surface area contributed by atoms with E-state index in [4.69, 9.17) is 16.2 Å². The predicted octanol–water partition coefficient (Wildman–Crippen LogP) is 6.11. The summed E-state index contributed by atoms with van der Waals surface area (Å²) in [6.07, 6.45) is 1.76. The summed E-state index contributed by atoms with van der Waals surface area (Å²) in [7, 11) is 0. The van der Waals surface area contributed by atoms with E-state index < -0.39 is 17.2 Å². The number of alkyl carbamates (subject to hydrolysis) is 1. The highest BCUT2D eigenvalue weighted by Gasteiger charge is 2.15. The van der Waals surface area contributed by atoms with Crippen molar-refractivity contribution >= 4 is 47.6 Å². The van der Waals surface area contributed by atoms with Crippen LogP contribution < -0.4 is 16.8 Å². The summed E-state index contributed by atoms with van der Waals surface area (Å²) in [5, 5.41) is 2.71. The van der Waals surface area contributed by atoms with Crippen molar-refractivity contribution < 1.29 is 18.3 Å². The van der Waals surface area contributed by atoms with E-state index >= 15 is 0 Å². The number of nitrogens with zero attached hydrogens (tertiary/aromatic N) is 1. The molecule has 1 aromatic heterocycles. The molecule has 0 aliphatic rings. The van der Waals surface area contributed by atoms with Gasteiger partial charge in [-0.25, -0.2) is 18.6 Å². The maximum atomic E-state index is 13.6. The van der Waals surface area contributed by atoms with Gasteiger partial charge in [0.2, 0.25) is 0 Å². The number of anilines is 1. The quantitative estimate of drug-likeness (QED) is 0.192. The highest BCUT2D eigenvalue weighted by molar-refractivity contribution is 5.85. The zero-order valence-corrected chi connectivity index (χ0v) is 24.4. The molecule has 4 rings (SSSR count). The fraction of sp³-hybridized carbons (Fsp3) is 0.310. The molecule has 0 fully saturated rings. The summed E-state index contributed by atoms with van der Waals surface area (Å²) in [4.78, 5) is 18.5. The Bertz CT molecular complexity index is 1340. The van der Waals surface area contributed by atoms with E-state index in [1.807, 2.05) is 69.3 Å². The molecule has 0 spiro atoms. The number of rotatable bonds is 7.